The minimum Gasteiger partial charge on any atom is -0.373 e. The molecule has 0 saturated heterocycles. The van der Waals surface area contributed by atoms with Gasteiger partial charge in [-0.3, -0.25) is 0 Å². The van der Waals surface area contributed by atoms with Crippen LogP contribution in [0.4, 0.5) is 11.6 Å². The van der Waals surface area contributed by atoms with Gasteiger partial charge in [-0.2, -0.15) is 11.3 Å². The largest absolute Gasteiger partial charge is 0.373 e. The fourth-order valence-electron chi connectivity index (χ4n) is 1.82. The summed E-state index contributed by atoms with van der Waals surface area (Å²) in [6.07, 6.45) is 2.99. The van der Waals surface area contributed by atoms with Gasteiger partial charge in [0.05, 0.1) is 0 Å². The summed E-state index contributed by atoms with van der Waals surface area (Å²) in [5.41, 5.74) is 1.37. The molecule has 0 aliphatic rings. The highest BCUT2D eigenvalue weighted by Gasteiger charge is 2.03. The predicted molar refractivity (Wildman–Crippen MR) is 82.1 cm³/mol. The predicted octanol–water partition coefficient (Wildman–Crippen LogP) is 3.19. The van der Waals surface area contributed by atoms with Crippen LogP contribution in [0.3, 0.4) is 0 Å². The molecule has 2 rings (SSSR count). The number of aryl methyl sites for hydroxylation is 1. The Kier molecular flexibility index (Phi) is 5.15. The quantitative estimate of drug-likeness (QED) is 0.815. The second-order valence-corrected chi connectivity index (χ2v) is 5.14. The number of hydrogen-bond donors (Lipinski definition) is 2. The second kappa shape index (κ2) is 7.09. The highest BCUT2D eigenvalue weighted by atomic mass is 32.1. The number of anilines is 2. The van der Waals surface area contributed by atoms with E-state index in [9.17, 15) is 0 Å². The molecule has 0 amide bonds. The first kappa shape index (κ1) is 13.8. The first-order valence-corrected chi connectivity index (χ1v) is 7.56. The van der Waals surface area contributed by atoms with Crippen LogP contribution in [0.15, 0.2) is 22.9 Å². The highest BCUT2D eigenvalue weighted by molar-refractivity contribution is 7.07. The zero-order chi connectivity index (χ0) is 13.5. The molecule has 0 aliphatic heterocycles. The Morgan fingerprint density at radius 1 is 1.21 bits per heavy atom. The molecule has 4 nitrogen and oxygen atoms in total. The van der Waals surface area contributed by atoms with Gasteiger partial charge in [-0.25, -0.2) is 9.97 Å². The highest BCUT2D eigenvalue weighted by Crippen LogP contribution is 2.12. The Hall–Kier alpha value is -1.62. The van der Waals surface area contributed by atoms with Gasteiger partial charge in [0.15, 0.2) is 0 Å². The van der Waals surface area contributed by atoms with E-state index in [4.69, 9.17) is 0 Å². The van der Waals surface area contributed by atoms with Gasteiger partial charge < -0.3 is 10.6 Å². The molecule has 2 N–H and O–H groups in total. The third-order valence-corrected chi connectivity index (χ3v) is 3.53. The standard InChI is InChI=1S/C14H20N4S/c1-3-4-12-17-13(15-2)9-14(18-12)16-7-5-11-6-8-19-10-11/h6,8-10H,3-5,7H2,1-2H3,(H2,15,16,17,18). The summed E-state index contributed by atoms with van der Waals surface area (Å²) >= 11 is 1.74. The van der Waals surface area contributed by atoms with E-state index in [0.717, 1.165) is 43.3 Å². The molecule has 0 fully saturated rings. The smallest absolute Gasteiger partial charge is 0.133 e. The van der Waals surface area contributed by atoms with Crippen molar-refractivity contribution >= 4 is 23.0 Å². The van der Waals surface area contributed by atoms with Crippen molar-refractivity contribution in [3.05, 3.63) is 34.3 Å². The lowest BCUT2D eigenvalue weighted by atomic mass is 10.2. The van der Waals surface area contributed by atoms with Crippen LogP contribution in [-0.4, -0.2) is 23.6 Å². The summed E-state index contributed by atoms with van der Waals surface area (Å²) in [4.78, 5) is 8.97. The normalized spacial score (nSPS) is 10.4. The maximum atomic E-state index is 4.53. The lowest BCUT2D eigenvalue weighted by Gasteiger charge is -2.09. The van der Waals surface area contributed by atoms with E-state index in [1.165, 1.54) is 5.56 Å². The van der Waals surface area contributed by atoms with Crippen molar-refractivity contribution in [2.75, 3.05) is 24.2 Å². The van der Waals surface area contributed by atoms with Crippen molar-refractivity contribution in [2.24, 2.45) is 0 Å². The van der Waals surface area contributed by atoms with Crippen LogP contribution >= 0.6 is 11.3 Å². The van der Waals surface area contributed by atoms with Crippen molar-refractivity contribution in [3.8, 4) is 0 Å². The molecule has 5 heteroatoms. The van der Waals surface area contributed by atoms with Crippen LogP contribution < -0.4 is 10.6 Å². The summed E-state index contributed by atoms with van der Waals surface area (Å²) in [6.45, 7) is 3.03. The van der Waals surface area contributed by atoms with Gasteiger partial charge in [-0.1, -0.05) is 6.92 Å². The lowest BCUT2D eigenvalue weighted by molar-refractivity contribution is 0.834. The monoisotopic (exact) mass is 276 g/mol. The number of rotatable bonds is 7. The van der Waals surface area contributed by atoms with E-state index in [1.807, 2.05) is 13.1 Å². The molecule has 102 valence electrons. The summed E-state index contributed by atoms with van der Waals surface area (Å²) in [6, 6.07) is 4.11. The Labute approximate surface area is 118 Å². The van der Waals surface area contributed by atoms with Crippen LogP contribution in [0.2, 0.25) is 0 Å². The van der Waals surface area contributed by atoms with Crippen LogP contribution in [0.5, 0.6) is 0 Å². The average Bonchev–Trinajstić information content (AvgIpc) is 2.92. The van der Waals surface area contributed by atoms with Crippen molar-refractivity contribution in [3.63, 3.8) is 0 Å². The van der Waals surface area contributed by atoms with E-state index in [2.05, 4.69) is 44.4 Å². The van der Waals surface area contributed by atoms with E-state index >= 15 is 0 Å². The summed E-state index contributed by atoms with van der Waals surface area (Å²) in [5.74, 6) is 2.67. The van der Waals surface area contributed by atoms with Crippen molar-refractivity contribution in [1.29, 1.82) is 0 Å². The molecule has 19 heavy (non-hydrogen) atoms. The van der Waals surface area contributed by atoms with Crippen LogP contribution in [0.25, 0.3) is 0 Å². The van der Waals surface area contributed by atoms with Gasteiger partial charge in [0.2, 0.25) is 0 Å². The van der Waals surface area contributed by atoms with Gasteiger partial charge >= 0.3 is 0 Å². The average molecular weight is 276 g/mol. The van der Waals surface area contributed by atoms with Gasteiger partial charge in [0, 0.05) is 26.1 Å². The van der Waals surface area contributed by atoms with Gasteiger partial charge in [0.1, 0.15) is 17.5 Å². The van der Waals surface area contributed by atoms with E-state index < -0.39 is 0 Å². The number of nitrogens with zero attached hydrogens (tertiary/aromatic N) is 2. The summed E-state index contributed by atoms with van der Waals surface area (Å²) in [7, 11) is 1.88. The fourth-order valence-corrected chi connectivity index (χ4v) is 2.52. The first-order valence-electron chi connectivity index (χ1n) is 6.62. The van der Waals surface area contributed by atoms with Crippen molar-refractivity contribution < 1.29 is 0 Å². The Morgan fingerprint density at radius 2 is 2.05 bits per heavy atom. The molecule has 0 atom stereocenters. The Balaban J connectivity index is 1.96. The lowest BCUT2D eigenvalue weighted by Crippen LogP contribution is -2.09. The molecule has 2 aromatic heterocycles. The number of nitrogens with one attached hydrogen (secondary N) is 2. The van der Waals surface area contributed by atoms with Crippen LogP contribution in [0, 0.1) is 0 Å². The van der Waals surface area contributed by atoms with E-state index in [1.54, 1.807) is 11.3 Å². The van der Waals surface area contributed by atoms with Gasteiger partial charge in [-0.05, 0) is 35.2 Å². The molecule has 0 unspecified atom stereocenters. The third-order valence-electron chi connectivity index (χ3n) is 2.80. The minimum atomic E-state index is 0.872. The molecule has 0 aromatic carbocycles. The van der Waals surface area contributed by atoms with Crippen molar-refractivity contribution in [1.82, 2.24) is 9.97 Å². The van der Waals surface area contributed by atoms with Crippen molar-refractivity contribution in [2.45, 2.75) is 26.2 Å². The number of thiophene rings is 1. The maximum Gasteiger partial charge on any atom is 0.133 e. The molecule has 2 aromatic rings. The fraction of sp³-hybridized carbons (Fsp3) is 0.429. The zero-order valence-electron chi connectivity index (χ0n) is 11.4. The minimum absolute atomic E-state index is 0.872. The molecular weight excluding hydrogens is 256 g/mol. The Morgan fingerprint density at radius 3 is 2.74 bits per heavy atom. The Bertz CT molecular complexity index is 496. The molecule has 0 bridgehead atoms. The number of hydrogen-bond acceptors (Lipinski definition) is 5. The van der Waals surface area contributed by atoms with Crippen LogP contribution in [-0.2, 0) is 12.8 Å². The van der Waals surface area contributed by atoms with E-state index in [0.29, 0.717) is 0 Å². The van der Waals surface area contributed by atoms with Gasteiger partial charge in [-0.15, -0.1) is 0 Å². The summed E-state index contributed by atoms with van der Waals surface area (Å²) < 4.78 is 0. The second-order valence-electron chi connectivity index (χ2n) is 4.36. The zero-order valence-corrected chi connectivity index (χ0v) is 12.3. The molecule has 2 heterocycles. The van der Waals surface area contributed by atoms with Crippen LogP contribution in [0.1, 0.15) is 24.7 Å². The molecular formula is C14H20N4S. The molecule has 0 spiro atoms. The summed E-state index contributed by atoms with van der Waals surface area (Å²) in [5, 5.41) is 10.7. The maximum absolute atomic E-state index is 4.53. The van der Waals surface area contributed by atoms with Gasteiger partial charge in [0.25, 0.3) is 0 Å². The molecule has 0 aliphatic carbocycles. The third kappa shape index (κ3) is 4.21. The molecule has 0 saturated carbocycles. The molecule has 0 radical (unpaired) electrons. The van der Waals surface area contributed by atoms with E-state index in [-0.39, 0.29) is 0 Å². The first-order chi connectivity index (χ1) is 9.31. The number of aromatic nitrogens is 2. The topological polar surface area (TPSA) is 49.8 Å². The SMILES string of the molecule is CCCc1nc(NC)cc(NCCc2ccsc2)n1.